The van der Waals surface area contributed by atoms with E-state index < -0.39 is 0 Å². The van der Waals surface area contributed by atoms with Crippen molar-refractivity contribution in [1.82, 2.24) is 4.98 Å². The largest absolute Gasteiger partial charge is 1.00 e. The molecule has 1 N–H and O–H groups in total. The molecule has 4 heteroatoms. The molecule has 0 aromatic carbocycles. The van der Waals surface area contributed by atoms with Crippen molar-refractivity contribution < 1.29 is 44.0 Å². The Bertz CT molecular complexity index is 661. The SMILES string of the molecule is CC(C)=C1C=CC=[C]1[Ti+2][c]1[nH]cc(C(C)(C)C)c1C(C)(C)C.[Cl-].[Cl-]. The third kappa shape index (κ3) is 5.15. The molecule has 0 amide bonds. The molecule has 1 aliphatic rings. The van der Waals surface area contributed by atoms with Gasteiger partial charge in [-0.05, 0) is 0 Å². The normalized spacial score (nSPS) is 13.8. The molecule has 0 fully saturated rings. The predicted molar refractivity (Wildman–Crippen MR) is 93.4 cm³/mol. The van der Waals surface area contributed by atoms with Crippen LogP contribution in [0.5, 0.6) is 0 Å². The zero-order chi connectivity index (χ0) is 16.7. The van der Waals surface area contributed by atoms with Crippen molar-refractivity contribution in [1.29, 1.82) is 0 Å². The van der Waals surface area contributed by atoms with Crippen molar-refractivity contribution in [2.75, 3.05) is 0 Å². The molecule has 1 aliphatic carbocycles. The Morgan fingerprint density at radius 3 is 2.00 bits per heavy atom. The van der Waals surface area contributed by atoms with E-state index in [-0.39, 0.29) is 54.8 Å². The Morgan fingerprint density at radius 2 is 1.54 bits per heavy atom. The summed E-state index contributed by atoms with van der Waals surface area (Å²) in [5.74, 6) is 0. The van der Waals surface area contributed by atoms with Crippen molar-refractivity contribution in [2.45, 2.75) is 66.2 Å². The Kier molecular flexibility index (Phi) is 8.38. The monoisotopic (exact) mass is 401 g/mol. The van der Waals surface area contributed by atoms with Gasteiger partial charge in [-0.25, -0.2) is 0 Å². The number of nitrogens with one attached hydrogen (secondary N) is 1. The van der Waals surface area contributed by atoms with Gasteiger partial charge in [-0.2, -0.15) is 0 Å². The van der Waals surface area contributed by atoms with Crippen LogP contribution in [0.3, 0.4) is 0 Å². The minimum Gasteiger partial charge on any atom is -1.00 e. The minimum absolute atomic E-state index is 0. The van der Waals surface area contributed by atoms with Crippen LogP contribution in [0.15, 0.2) is 39.4 Å². The zero-order valence-corrected chi connectivity index (χ0v) is 19.1. The average molecular weight is 402 g/mol. The van der Waals surface area contributed by atoms with Gasteiger partial charge in [0, 0.05) is 0 Å². The van der Waals surface area contributed by atoms with E-state index in [0.29, 0.717) is 0 Å². The van der Waals surface area contributed by atoms with Gasteiger partial charge in [0.1, 0.15) is 0 Å². The quantitative estimate of drug-likeness (QED) is 0.619. The molecule has 0 radical (unpaired) electrons. The second kappa shape index (κ2) is 8.45. The van der Waals surface area contributed by atoms with Gasteiger partial charge >= 0.3 is 145 Å². The summed E-state index contributed by atoms with van der Waals surface area (Å²) < 4.78 is 3.04. The van der Waals surface area contributed by atoms with E-state index in [0.717, 1.165) is 0 Å². The predicted octanol–water partition coefficient (Wildman–Crippen LogP) is -0.884. The van der Waals surface area contributed by atoms with E-state index in [4.69, 9.17) is 0 Å². The van der Waals surface area contributed by atoms with Crippen molar-refractivity contribution in [3.05, 3.63) is 50.6 Å². The second-order valence-corrected chi connectivity index (χ2v) is 10.4. The van der Waals surface area contributed by atoms with E-state index in [1.165, 1.54) is 20.7 Å². The number of aromatic amines is 1. The maximum absolute atomic E-state index is 3.64. The molecule has 0 aliphatic heterocycles. The summed E-state index contributed by atoms with van der Waals surface area (Å²) >= 11 is -0.339. The van der Waals surface area contributed by atoms with Crippen molar-refractivity contribution in [3.63, 3.8) is 0 Å². The van der Waals surface area contributed by atoms with Crippen LogP contribution in [0, 0.1) is 0 Å². The standard InChI is InChI=1S/C12H20N.C8H9.2ClH.Ti/c1-11(2,3)9-7-13-8-10(9)12(4,5)6;1-7(2)8-5-3-4-6-8;;;/h7,13H,1-6H3;3-5H,1-2H3;2*1H;/q;;;;+2/p-2. The molecule has 24 heavy (non-hydrogen) atoms. The Balaban J connectivity index is 0.00000264. The molecule has 132 valence electrons. The number of H-pyrrole nitrogens is 1. The van der Waals surface area contributed by atoms with Crippen LogP contribution in [0.1, 0.15) is 66.5 Å². The molecular formula is C20H29Cl2NTi. The summed E-state index contributed by atoms with van der Waals surface area (Å²) in [5, 5.41) is 0. The molecule has 0 spiro atoms. The maximum atomic E-state index is 3.64. The van der Waals surface area contributed by atoms with Gasteiger partial charge in [-0.15, -0.1) is 0 Å². The maximum Gasteiger partial charge on any atom is -1.00 e. The van der Waals surface area contributed by atoms with Gasteiger partial charge in [0.25, 0.3) is 0 Å². The minimum atomic E-state index is -0.339. The average Bonchev–Trinajstić information content (AvgIpc) is 2.93. The summed E-state index contributed by atoms with van der Waals surface area (Å²) in [6.07, 6.45) is 9.03. The Morgan fingerprint density at radius 1 is 0.958 bits per heavy atom. The Labute approximate surface area is 169 Å². The van der Waals surface area contributed by atoms with Crippen LogP contribution in [0.2, 0.25) is 0 Å². The van der Waals surface area contributed by atoms with E-state index in [1.54, 1.807) is 9.44 Å². The molecule has 0 bridgehead atoms. The van der Waals surface area contributed by atoms with Crippen LogP contribution in [-0.4, -0.2) is 4.98 Å². The van der Waals surface area contributed by atoms with Crippen LogP contribution < -0.4 is 28.8 Å². The van der Waals surface area contributed by atoms with Crippen molar-refractivity contribution in [2.24, 2.45) is 0 Å². The molecule has 0 saturated heterocycles. The molecule has 1 heterocycles. The van der Waals surface area contributed by atoms with Crippen LogP contribution in [0.25, 0.3) is 0 Å². The number of aromatic nitrogens is 1. The van der Waals surface area contributed by atoms with Gasteiger partial charge in [-0.1, -0.05) is 0 Å². The third-order valence-electron chi connectivity index (χ3n) is 4.05. The van der Waals surface area contributed by atoms with E-state index in [1.807, 2.05) is 0 Å². The van der Waals surface area contributed by atoms with Crippen LogP contribution >= 0.6 is 0 Å². The van der Waals surface area contributed by atoms with Gasteiger partial charge < -0.3 is 24.8 Å². The Hall–Kier alpha value is -0.206. The molecule has 0 atom stereocenters. The summed E-state index contributed by atoms with van der Waals surface area (Å²) in [6, 6.07) is 0. The number of hydrogen-bond acceptors (Lipinski definition) is 0. The van der Waals surface area contributed by atoms with Crippen LogP contribution in [0.4, 0.5) is 0 Å². The summed E-state index contributed by atoms with van der Waals surface area (Å²) in [4.78, 5) is 3.64. The first kappa shape index (κ1) is 23.8. The molecule has 1 aromatic rings. The summed E-state index contributed by atoms with van der Waals surface area (Å²) in [5.41, 5.74) is 6.25. The zero-order valence-electron chi connectivity index (χ0n) is 16.1. The van der Waals surface area contributed by atoms with Gasteiger partial charge in [0.05, 0.1) is 0 Å². The number of halogens is 2. The molecule has 0 unspecified atom stereocenters. The molecule has 1 aromatic heterocycles. The second-order valence-electron chi connectivity index (χ2n) is 8.43. The fraction of sp³-hybridized carbons (Fsp3) is 0.500. The summed E-state index contributed by atoms with van der Waals surface area (Å²) in [7, 11) is 0. The van der Waals surface area contributed by atoms with Gasteiger partial charge in [0.2, 0.25) is 0 Å². The smallest absolute Gasteiger partial charge is 1.00 e. The van der Waals surface area contributed by atoms with Gasteiger partial charge in [0.15, 0.2) is 0 Å². The fourth-order valence-corrected chi connectivity index (χ4v) is 5.64. The number of allylic oxidation sites excluding steroid dienone is 6. The van der Waals surface area contributed by atoms with Crippen molar-refractivity contribution in [3.8, 4) is 0 Å². The molecular weight excluding hydrogens is 373 g/mol. The van der Waals surface area contributed by atoms with Crippen LogP contribution in [-0.2, 0) is 30.0 Å². The molecule has 0 saturated carbocycles. The number of hydrogen-bond donors (Lipinski definition) is 1. The molecule has 2 rings (SSSR count). The van der Waals surface area contributed by atoms with E-state index in [9.17, 15) is 0 Å². The fourth-order valence-electron chi connectivity index (χ4n) is 2.99. The summed E-state index contributed by atoms with van der Waals surface area (Å²) in [6.45, 7) is 18.4. The van der Waals surface area contributed by atoms with E-state index >= 15 is 0 Å². The van der Waals surface area contributed by atoms with Gasteiger partial charge in [-0.3, -0.25) is 0 Å². The third-order valence-corrected chi connectivity index (χ3v) is 6.16. The first-order valence-electron chi connectivity index (χ1n) is 8.07. The molecule has 1 nitrogen and oxygen atoms in total. The first-order valence-corrected chi connectivity index (χ1v) is 9.63. The van der Waals surface area contributed by atoms with Crippen molar-refractivity contribution >= 4 is 4.00 Å². The topological polar surface area (TPSA) is 15.8 Å². The first-order chi connectivity index (χ1) is 10.0. The van der Waals surface area contributed by atoms with E-state index in [2.05, 4.69) is 84.8 Å². The number of rotatable bonds is 2.